The fourth-order valence-electron chi connectivity index (χ4n) is 3.01. The van der Waals surface area contributed by atoms with E-state index in [0.717, 1.165) is 23.0 Å². The van der Waals surface area contributed by atoms with Crippen molar-refractivity contribution in [1.82, 2.24) is 19.7 Å². The van der Waals surface area contributed by atoms with E-state index in [2.05, 4.69) is 20.4 Å². The van der Waals surface area contributed by atoms with Gasteiger partial charge in [-0.15, -0.1) is 0 Å². The lowest BCUT2D eigenvalue weighted by atomic mass is 10.0. The van der Waals surface area contributed by atoms with Crippen molar-refractivity contribution in [3.05, 3.63) is 47.1 Å². The number of fused-ring (bicyclic) bond motifs is 1. The number of aryl methyl sites for hydroxylation is 1. The Bertz CT molecular complexity index is 899. The third-order valence-corrected chi connectivity index (χ3v) is 4.52. The molecule has 3 heterocycles. The molecule has 1 aromatic carbocycles. The molecule has 2 atom stereocenters. The zero-order valence-electron chi connectivity index (χ0n) is 12.9. The number of hydrogen-bond donors (Lipinski definition) is 1. The van der Waals surface area contributed by atoms with Crippen LogP contribution < -0.4 is 5.32 Å². The maximum absolute atomic E-state index is 13.8. The van der Waals surface area contributed by atoms with Crippen LogP contribution in [0.15, 0.2) is 30.7 Å². The Balaban J connectivity index is 1.64. The van der Waals surface area contributed by atoms with Crippen LogP contribution in [-0.4, -0.2) is 32.4 Å². The van der Waals surface area contributed by atoms with E-state index in [0.29, 0.717) is 12.4 Å². The number of hydrogen-bond acceptors (Lipinski definition) is 5. The van der Waals surface area contributed by atoms with E-state index >= 15 is 0 Å². The lowest BCUT2D eigenvalue weighted by molar-refractivity contribution is 0.107. The van der Waals surface area contributed by atoms with E-state index in [1.165, 1.54) is 12.4 Å². The SMILES string of the molecule is Cn1ncc2c(N[C@@H]3CCO[C@@H]3c3ccc(Cl)c(F)c3)ncnc21. The minimum atomic E-state index is -0.444. The molecule has 3 aromatic rings. The monoisotopic (exact) mass is 347 g/mol. The van der Waals surface area contributed by atoms with Gasteiger partial charge in [-0.05, 0) is 24.1 Å². The second-order valence-electron chi connectivity index (χ2n) is 5.73. The maximum atomic E-state index is 13.8. The van der Waals surface area contributed by atoms with Crippen LogP contribution in [-0.2, 0) is 11.8 Å². The molecule has 6 nitrogen and oxygen atoms in total. The molecule has 24 heavy (non-hydrogen) atoms. The van der Waals surface area contributed by atoms with Crippen LogP contribution in [0.3, 0.4) is 0 Å². The van der Waals surface area contributed by atoms with E-state index < -0.39 is 5.82 Å². The maximum Gasteiger partial charge on any atom is 0.163 e. The molecule has 0 radical (unpaired) electrons. The molecule has 1 saturated heterocycles. The zero-order chi connectivity index (χ0) is 16.7. The molecule has 1 fully saturated rings. The molecule has 4 rings (SSSR count). The summed E-state index contributed by atoms with van der Waals surface area (Å²) in [5.74, 6) is 0.253. The smallest absolute Gasteiger partial charge is 0.163 e. The first-order valence-electron chi connectivity index (χ1n) is 7.59. The summed E-state index contributed by atoms with van der Waals surface area (Å²) in [5.41, 5.74) is 1.50. The van der Waals surface area contributed by atoms with Crippen molar-refractivity contribution in [1.29, 1.82) is 0 Å². The topological polar surface area (TPSA) is 64.9 Å². The Morgan fingerprint density at radius 3 is 3.08 bits per heavy atom. The Morgan fingerprint density at radius 1 is 1.38 bits per heavy atom. The van der Waals surface area contributed by atoms with E-state index in [1.54, 1.807) is 23.0 Å². The van der Waals surface area contributed by atoms with Crippen LogP contribution in [0.25, 0.3) is 11.0 Å². The van der Waals surface area contributed by atoms with Crippen molar-refractivity contribution >= 4 is 28.5 Å². The predicted octanol–water partition coefficient (Wildman–Crippen LogP) is 3.10. The average Bonchev–Trinajstić information content (AvgIpc) is 3.18. The van der Waals surface area contributed by atoms with Gasteiger partial charge in [-0.3, -0.25) is 4.68 Å². The molecule has 0 unspecified atom stereocenters. The third kappa shape index (κ3) is 2.59. The summed E-state index contributed by atoms with van der Waals surface area (Å²) in [6.07, 6.45) is 3.75. The fraction of sp³-hybridized carbons (Fsp3) is 0.312. The minimum absolute atomic E-state index is 0.0242. The molecular weight excluding hydrogens is 333 g/mol. The summed E-state index contributed by atoms with van der Waals surface area (Å²) in [6, 6.07) is 4.74. The summed E-state index contributed by atoms with van der Waals surface area (Å²) < 4.78 is 21.3. The van der Waals surface area contributed by atoms with E-state index in [4.69, 9.17) is 16.3 Å². The molecule has 0 aliphatic carbocycles. The van der Waals surface area contributed by atoms with Gasteiger partial charge in [-0.25, -0.2) is 14.4 Å². The highest BCUT2D eigenvalue weighted by molar-refractivity contribution is 6.30. The van der Waals surface area contributed by atoms with Gasteiger partial charge in [-0.2, -0.15) is 5.10 Å². The summed E-state index contributed by atoms with van der Waals surface area (Å²) in [4.78, 5) is 8.55. The first-order valence-corrected chi connectivity index (χ1v) is 7.97. The Labute approximate surface area is 142 Å². The molecule has 1 N–H and O–H groups in total. The van der Waals surface area contributed by atoms with Crippen molar-refractivity contribution in [3.63, 3.8) is 0 Å². The average molecular weight is 348 g/mol. The van der Waals surface area contributed by atoms with Crippen LogP contribution in [0.5, 0.6) is 0 Å². The minimum Gasteiger partial charge on any atom is -0.371 e. The number of benzene rings is 1. The second-order valence-corrected chi connectivity index (χ2v) is 6.14. The first-order chi connectivity index (χ1) is 11.6. The number of nitrogens with zero attached hydrogens (tertiary/aromatic N) is 4. The van der Waals surface area contributed by atoms with Crippen LogP contribution in [0.2, 0.25) is 5.02 Å². The number of aromatic nitrogens is 4. The highest BCUT2D eigenvalue weighted by atomic mass is 35.5. The molecule has 2 aromatic heterocycles. The van der Waals surface area contributed by atoms with E-state index in [-0.39, 0.29) is 17.2 Å². The van der Waals surface area contributed by atoms with Gasteiger partial charge in [0.2, 0.25) is 0 Å². The number of nitrogens with one attached hydrogen (secondary N) is 1. The largest absolute Gasteiger partial charge is 0.371 e. The van der Waals surface area contributed by atoms with Gasteiger partial charge in [0.05, 0.1) is 22.6 Å². The number of rotatable bonds is 3. The first kappa shape index (κ1) is 15.3. The van der Waals surface area contributed by atoms with Crippen LogP contribution in [0, 0.1) is 5.82 Å². The normalized spacial score (nSPS) is 20.6. The van der Waals surface area contributed by atoms with Gasteiger partial charge in [0.25, 0.3) is 0 Å². The van der Waals surface area contributed by atoms with Crippen molar-refractivity contribution < 1.29 is 9.13 Å². The van der Waals surface area contributed by atoms with Gasteiger partial charge < -0.3 is 10.1 Å². The van der Waals surface area contributed by atoms with Crippen molar-refractivity contribution in [3.8, 4) is 0 Å². The Hall–Kier alpha value is -2.25. The second kappa shape index (κ2) is 5.99. The highest BCUT2D eigenvalue weighted by Gasteiger charge is 2.31. The molecule has 1 aliphatic rings. The predicted molar refractivity (Wildman–Crippen MR) is 88.4 cm³/mol. The van der Waals surface area contributed by atoms with Crippen molar-refractivity contribution in [2.75, 3.05) is 11.9 Å². The molecule has 8 heteroatoms. The quantitative estimate of drug-likeness (QED) is 0.788. The van der Waals surface area contributed by atoms with Crippen LogP contribution >= 0.6 is 11.6 Å². The molecule has 0 amide bonds. The molecule has 0 saturated carbocycles. The molecule has 0 bridgehead atoms. The number of ether oxygens (including phenoxy) is 1. The highest BCUT2D eigenvalue weighted by Crippen LogP contribution is 2.33. The zero-order valence-corrected chi connectivity index (χ0v) is 13.7. The summed E-state index contributed by atoms with van der Waals surface area (Å²) >= 11 is 5.76. The summed E-state index contributed by atoms with van der Waals surface area (Å²) in [7, 11) is 1.83. The van der Waals surface area contributed by atoms with Crippen LogP contribution in [0.1, 0.15) is 18.1 Å². The standard InChI is InChI=1S/C16H15ClFN5O/c1-23-16-10(7-21-23)15(19-8-20-16)22-13-4-5-24-14(13)9-2-3-11(17)12(18)6-9/h2-3,6-8,13-14H,4-5H2,1H3,(H,19,20,22)/t13-,14-/m1/s1. The Kier molecular flexibility index (Phi) is 3.82. The number of anilines is 1. The van der Waals surface area contributed by atoms with Gasteiger partial charge in [0.1, 0.15) is 24.1 Å². The third-order valence-electron chi connectivity index (χ3n) is 4.22. The summed E-state index contributed by atoms with van der Waals surface area (Å²) in [5, 5.41) is 8.55. The molecule has 1 aliphatic heterocycles. The lowest BCUT2D eigenvalue weighted by Gasteiger charge is -2.21. The van der Waals surface area contributed by atoms with Crippen molar-refractivity contribution in [2.45, 2.75) is 18.6 Å². The lowest BCUT2D eigenvalue weighted by Crippen LogP contribution is -2.24. The van der Waals surface area contributed by atoms with E-state index in [9.17, 15) is 4.39 Å². The van der Waals surface area contributed by atoms with Crippen molar-refractivity contribution in [2.24, 2.45) is 7.05 Å². The fourth-order valence-corrected chi connectivity index (χ4v) is 3.13. The molecule has 124 valence electrons. The molecule has 0 spiro atoms. The summed E-state index contributed by atoms with van der Waals surface area (Å²) in [6.45, 7) is 0.591. The number of halogens is 2. The van der Waals surface area contributed by atoms with Gasteiger partial charge in [-0.1, -0.05) is 17.7 Å². The van der Waals surface area contributed by atoms with Crippen LogP contribution in [0.4, 0.5) is 10.2 Å². The van der Waals surface area contributed by atoms with E-state index in [1.807, 2.05) is 7.05 Å². The Morgan fingerprint density at radius 2 is 2.25 bits per heavy atom. The molecular formula is C16H15ClFN5O. The van der Waals surface area contributed by atoms with Gasteiger partial charge >= 0.3 is 0 Å². The van der Waals surface area contributed by atoms with Gasteiger partial charge in [0.15, 0.2) is 5.65 Å². The van der Waals surface area contributed by atoms with Gasteiger partial charge in [0, 0.05) is 13.7 Å².